The number of methoxy groups -OCH3 is 1. The molecule has 0 radical (unpaired) electrons. The lowest BCUT2D eigenvalue weighted by atomic mass is 10.1. The van der Waals surface area contributed by atoms with Crippen LogP contribution in [0.25, 0.3) is 0 Å². The molecule has 0 spiro atoms. The van der Waals surface area contributed by atoms with Gasteiger partial charge in [-0.1, -0.05) is 6.07 Å². The van der Waals surface area contributed by atoms with Crippen LogP contribution >= 0.6 is 0 Å². The predicted molar refractivity (Wildman–Crippen MR) is 61.6 cm³/mol. The van der Waals surface area contributed by atoms with Crippen LogP contribution in [0.4, 0.5) is 0 Å². The number of nitrogens with one attached hydrogen (secondary N) is 1. The summed E-state index contributed by atoms with van der Waals surface area (Å²) < 4.78 is 5.34. The van der Waals surface area contributed by atoms with Gasteiger partial charge in [0.25, 0.3) is 0 Å². The van der Waals surface area contributed by atoms with Crippen LogP contribution in [-0.4, -0.2) is 24.2 Å². The summed E-state index contributed by atoms with van der Waals surface area (Å²) in [5.41, 5.74) is 1.18. The maximum Gasteiger partial charge on any atom is 0.0634 e. The zero-order valence-corrected chi connectivity index (χ0v) is 9.79. The van der Waals surface area contributed by atoms with Gasteiger partial charge >= 0.3 is 0 Å². The molecular formula is C12H20N2O. The molecule has 3 heteroatoms. The average Bonchev–Trinajstić information content (AvgIpc) is 2.26. The lowest BCUT2D eigenvalue weighted by Gasteiger charge is -2.22. The molecule has 0 aliphatic carbocycles. The fourth-order valence-corrected chi connectivity index (χ4v) is 1.23. The fraction of sp³-hybridized carbons (Fsp3) is 0.583. The summed E-state index contributed by atoms with van der Waals surface area (Å²) in [6.07, 6.45) is 4.68. The van der Waals surface area contributed by atoms with Gasteiger partial charge in [0, 0.05) is 26.0 Å². The van der Waals surface area contributed by atoms with E-state index in [0.29, 0.717) is 0 Å². The van der Waals surface area contributed by atoms with Crippen molar-refractivity contribution < 1.29 is 4.74 Å². The normalized spacial score (nSPS) is 11.7. The van der Waals surface area contributed by atoms with E-state index in [2.05, 4.69) is 30.2 Å². The van der Waals surface area contributed by atoms with E-state index in [9.17, 15) is 0 Å². The summed E-state index contributed by atoms with van der Waals surface area (Å²) in [6, 6.07) is 4.03. The Labute approximate surface area is 91.9 Å². The molecule has 1 aromatic rings. The fourth-order valence-electron chi connectivity index (χ4n) is 1.23. The number of hydrogen-bond donors (Lipinski definition) is 1. The summed E-state index contributed by atoms with van der Waals surface area (Å²) in [7, 11) is 1.75. The first-order chi connectivity index (χ1) is 7.14. The zero-order valence-electron chi connectivity index (χ0n) is 9.79. The highest BCUT2D eigenvalue weighted by molar-refractivity contribution is 5.07. The molecule has 0 bridgehead atoms. The van der Waals surface area contributed by atoms with E-state index in [1.54, 1.807) is 13.3 Å². The highest BCUT2D eigenvalue weighted by Crippen LogP contribution is 2.11. The molecule has 3 nitrogen and oxygen atoms in total. The number of hydrogen-bond acceptors (Lipinski definition) is 3. The molecular weight excluding hydrogens is 188 g/mol. The van der Waals surface area contributed by atoms with Gasteiger partial charge in [-0.05, 0) is 38.4 Å². The van der Waals surface area contributed by atoms with Crippen LogP contribution in [0.15, 0.2) is 24.5 Å². The van der Waals surface area contributed by atoms with Crippen molar-refractivity contribution in [1.82, 2.24) is 10.3 Å². The van der Waals surface area contributed by atoms with Gasteiger partial charge in [-0.25, -0.2) is 0 Å². The van der Waals surface area contributed by atoms with Gasteiger partial charge in [-0.3, -0.25) is 4.98 Å². The highest BCUT2D eigenvalue weighted by Gasteiger charge is 2.14. The quantitative estimate of drug-likeness (QED) is 0.726. The number of rotatable bonds is 6. The standard InChI is InChI=1S/C12H20N2O/c1-12(2,15-3)6-8-14-10-11-5-4-7-13-9-11/h4-5,7,9,14H,6,8,10H2,1-3H3. The van der Waals surface area contributed by atoms with Crippen molar-refractivity contribution in [2.75, 3.05) is 13.7 Å². The SMILES string of the molecule is COC(C)(C)CCNCc1cccnc1. The van der Waals surface area contributed by atoms with Crippen LogP contribution in [0.2, 0.25) is 0 Å². The third-order valence-corrected chi connectivity index (χ3v) is 2.51. The molecule has 15 heavy (non-hydrogen) atoms. The van der Waals surface area contributed by atoms with E-state index in [1.807, 2.05) is 12.3 Å². The summed E-state index contributed by atoms with van der Waals surface area (Å²) in [6.45, 7) is 6.01. The topological polar surface area (TPSA) is 34.1 Å². The summed E-state index contributed by atoms with van der Waals surface area (Å²) in [5, 5.41) is 3.37. The minimum Gasteiger partial charge on any atom is -0.379 e. The maximum atomic E-state index is 5.34. The first-order valence-electron chi connectivity index (χ1n) is 5.29. The molecule has 84 valence electrons. The molecule has 0 aromatic carbocycles. The van der Waals surface area contributed by atoms with Gasteiger partial charge < -0.3 is 10.1 Å². The van der Waals surface area contributed by atoms with Crippen molar-refractivity contribution in [2.24, 2.45) is 0 Å². The molecule has 0 amide bonds. The second-order valence-corrected chi connectivity index (χ2v) is 4.25. The number of ether oxygens (including phenoxy) is 1. The highest BCUT2D eigenvalue weighted by atomic mass is 16.5. The number of aromatic nitrogens is 1. The van der Waals surface area contributed by atoms with E-state index in [0.717, 1.165) is 19.5 Å². The first kappa shape index (κ1) is 12.1. The molecule has 1 aromatic heterocycles. The molecule has 0 aliphatic heterocycles. The van der Waals surface area contributed by atoms with Gasteiger partial charge in [-0.2, -0.15) is 0 Å². The van der Waals surface area contributed by atoms with Crippen LogP contribution in [0.5, 0.6) is 0 Å². The molecule has 1 N–H and O–H groups in total. The van der Waals surface area contributed by atoms with Crippen molar-refractivity contribution in [2.45, 2.75) is 32.4 Å². The Hall–Kier alpha value is -0.930. The second-order valence-electron chi connectivity index (χ2n) is 4.25. The number of nitrogens with zero attached hydrogens (tertiary/aromatic N) is 1. The van der Waals surface area contributed by atoms with E-state index in [-0.39, 0.29) is 5.60 Å². The Morgan fingerprint density at radius 2 is 2.27 bits per heavy atom. The Morgan fingerprint density at radius 1 is 1.47 bits per heavy atom. The lowest BCUT2D eigenvalue weighted by molar-refractivity contribution is 0.0158. The smallest absolute Gasteiger partial charge is 0.0634 e. The predicted octanol–water partition coefficient (Wildman–Crippen LogP) is 1.99. The Bertz CT molecular complexity index is 272. The van der Waals surface area contributed by atoms with Crippen LogP contribution in [0, 0.1) is 0 Å². The van der Waals surface area contributed by atoms with Crippen LogP contribution in [0.1, 0.15) is 25.8 Å². The van der Waals surface area contributed by atoms with Gasteiger partial charge in [0.15, 0.2) is 0 Å². The lowest BCUT2D eigenvalue weighted by Crippen LogP contribution is -2.28. The third kappa shape index (κ3) is 4.91. The Morgan fingerprint density at radius 3 is 2.87 bits per heavy atom. The molecule has 0 saturated heterocycles. The monoisotopic (exact) mass is 208 g/mol. The second kappa shape index (κ2) is 5.83. The van der Waals surface area contributed by atoms with E-state index >= 15 is 0 Å². The van der Waals surface area contributed by atoms with Crippen molar-refractivity contribution in [1.29, 1.82) is 0 Å². The summed E-state index contributed by atoms with van der Waals surface area (Å²) in [5.74, 6) is 0. The van der Waals surface area contributed by atoms with Crippen molar-refractivity contribution >= 4 is 0 Å². The Balaban J connectivity index is 2.18. The van der Waals surface area contributed by atoms with Gasteiger partial charge in [0.2, 0.25) is 0 Å². The molecule has 0 fully saturated rings. The molecule has 0 unspecified atom stereocenters. The van der Waals surface area contributed by atoms with Crippen molar-refractivity contribution in [3.63, 3.8) is 0 Å². The summed E-state index contributed by atoms with van der Waals surface area (Å²) in [4.78, 5) is 4.06. The molecule has 1 heterocycles. The average molecular weight is 208 g/mol. The van der Waals surface area contributed by atoms with Crippen LogP contribution < -0.4 is 5.32 Å². The molecule has 0 saturated carbocycles. The molecule has 0 atom stereocenters. The number of pyridine rings is 1. The molecule has 1 rings (SSSR count). The largest absolute Gasteiger partial charge is 0.379 e. The summed E-state index contributed by atoms with van der Waals surface area (Å²) >= 11 is 0. The van der Waals surface area contributed by atoms with E-state index in [4.69, 9.17) is 4.74 Å². The van der Waals surface area contributed by atoms with Crippen molar-refractivity contribution in [3.05, 3.63) is 30.1 Å². The van der Waals surface area contributed by atoms with Gasteiger partial charge in [0.05, 0.1) is 5.60 Å². The minimum absolute atomic E-state index is 0.0397. The molecule has 0 aliphatic rings. The maximum absolute atomic E-state index is 5.34. The van der Waals surface area contributed by atoms with Crippen LogP contribution in [0.3, 0.4) is 0 Å². The van der Waals surface area contributed by atoms with Gasteiger partial charge in [0.1, 0.15) is 0 Å². The van der Waals surface area contributed by atoms with Crippen molar-refractivity contribution in [3.8, 4) is 0 Å². The Kier molecular flexibility index (Phi) is 4.72. The first-order valence-corrected chi connectivity index (χ1v) is 5.29. The van der Waals surface area contributed by atoms with Gasteiger partial charge in [-0.15, -0.1) is 0 Å². The van der Waals surface area contributed by atoms with E-state index in [1.165, 1.54) is 5.56 Å². The minimum atomic E-state index is -0.0397. The zero-order chi connectivity index (χ0) is 11.1. The van der Waals surface area contributed by atoms with E-state index < -0.39 is 0 Å². The third-order valence-electron chi connectivity index (χ3n) is 2.51. The van der Waals surface area contributed by atoms with Crippen LogP contribution in [-0.2, 0) is 11.3 Å².